The molecule has 0 radical (unpaired) electrons. The number of carbonyl (C=O) groups excluding carboxylic acids is 1. The van der Waals surface area contributed by atoms with Crippen molar-refractivity contribution < 1.29 is 42.0 Å². The number of hydrogen-bond donors (Lipinski definition) is 3. The van der Waals surface area contributed by atoms with E-state index in [1.165, 1.54) is 31.4 Å². The number of ether oxygens (including phenoxy) is 4. The van der Waals surface area contributed by atoms with Crippen molar-refractivity contribution in [3.63, 3.8) is 0 Å². The molecule has 0 aliphatic carbocycles. The Hall–Kier alpha value is -2.93. The number of rotatable bonds is 7. The summed E-state index contributed by atoms with van der Waals surface area (Å²) in [5.74, 6) is -2.43. The van der Waals surface area contributed by atoms with E-state index in [1.807, 2.05) is 0 Å². The first-order chi connectivity index (χ1) is 15.0. The average molecular weight is 458 g/mol. The largest absolute Gasteiger partial charge is 0.491 e. The van der Waals surface area contributed by atoms with E-state index in [2.05, 4.69) is 0 Å². The number of halogens is 3. The molecule has 3 rings (SSSR count). The molecule has 0 spiro atoms. The number of aromatic amines is 1. The van der Waals surface area contributed by atoms with Gasteiger partial charge in [-0.15, -0.1) is 0 Å². The third-order valence-electron chi connectivity index (χ3n) is 4.58. The monoisotopic (exact) mass is 458 g/mol. The number of aliphatic hydroxyl groups is 1. The van der Waals surface area contributed by atoms with E-state index in [1.54, 1.807) is 4.98 Å². The number of primary amides is 1. The third-order valence-corrected chi connectivity index (χ3v) is 4.58. The molecule has 2 atom stereocenters. The second kappa shape index (κ2) is 9.28. The summed E-state index contributed by atoms with van der Waals surface area (Å²) >= 11 is 0. The van der Waals surface area contributed by atoms with Crippen molar-refractivity contribution in [2.75, 3.05) is 33.5 Å². The smallest absolute Gasteiger partial charge is 0.431 e. The molecule has 1 aromatic heterocycles. The lowest BCUT2D eigenvalue weighted by Crippen LogP contribution is -2.52. The SMILES string of the molecule is COC[C@]1(O)COC[C@@H](COc2ccc(-c3cc(C(N)=O)c(=O)[nH]c3C(F)(F)F)cc2)O1. The second-order valence-electron chi connectivity index (χ2n) is 7.13. The number of aromatic nitrogens is 1. The van der Waals surface area contributed by atoms with Gasteiger partial charge in [-0.05, 0) is 23.8 Å². The van der Waals surface area contributed by atoms with Crippen molar-refractivity contribution in [1.82, 2.24) is 4.98 Å². The van der Waals surface area contributed by atoms with Crippen LogP contribution in [0.4, 0.5) is 13.2 Å². The van der Waals surface area contributed by atoms with Gasteiger partial charge in [0.2, 0.25) is 5.79 Å². The number of nitrogens with one attached hydrogen (secondary N) is 1. The number of hydrogen-bond acceptors (Lipinski definition) is 7. The van der Waals surface area contributed by atoms with Crippen LogP contribution in [0.2, 0.25) is 0 Å². The van der Waals surface area contributed by atoms with Gasteiger partial charge in [0.1, 0.15) is 42.9 Å². The van der Waals surface area contributed by atoms with Crippen LogP contribution in [-0.4, -0.2) is 61.4 Å². The van der Waals surface area contributed by atoms with Gasteiger partial charge in [-0.25, -0.2) is 0 Å². The molecule has 4 N–H and O–H groups in total. The van der Waals surface area contributed by atoms with Gasteiger partial charge in [0.25, 0.3) is 11.5 Å². The van der Waals surface area contributed by atoms with Crippen molar-refractivity contribution >= 4 is 5.91 Å². The Morgan fingerprint density at radius 3 is 2.62 bits per heavy atom. The summed E-state index contributed by atoms with van der Waals surface area (Å²) < 4.78 is 61.5. The van der Waals surface area contributed by atoms with Crippen LogP contribution in [-0.2, 0) is 20.4 Å². The van der Waals surface area contributed by atoms with E-state index in [9.17, 15) is 27.9 Å². The van der Waals surface area contributed by atoms with E-state index < -0.39 is 46.4 Å². The molecule has 1 aliphatic heterocycles. The van der Waals surface area contributed by atoms with E-state index in [0.717, 1.165) is 6.07 Å². The standard InChI is InChI=1S/C20H21F3N2O7/c1-29-9-19(28)10-30-7-13(32-19)8-31-12-4-2-11(3-5-12)14-6-15(17(24)26)18(27)25-16(14)20(21,22)23/h2-6,13,28H,7-10H2,1H3,(H2,24,26)(H,25,27)/t13-,19+/m0/s1. The Labute approximate surface area is 179 Å². The van der Waals surface area contributed by atoms with Crippen LogP contribution in [0, 0.1) is 0 Å². The summed E-state index contributed by atoms with van der Waals surface area (Å²) in [5.41, 5.74) is 1.64. The van der Waals surface area contributed by atoms with Gasteiger partial charge in [0.15, 0.2) is 0 Å². The third kappa shape index (κ3) is 5.46. The fraction of sp³-hybridized carbons (Fsp3) is 0.400. The van der Waals surface area contributed by atoms with Crippen LogP contribution in [0.15, 0.2) is 35.1 Å². The molecule has 2 aromatic rings. The lowest BCUT2D eigenvalue weighted by Gasteiger charge is -2.36. The topological polar surface area (TPSA) is 133 Å². The van der Waals surface area contributed by atoms with Crippen molar-refractivity contribution in [2.45, 2.75) is 18.1 Å². The van der Waals surface area contributed by atoms with E-state index in [0.29, 0.717) is 5.75 Å². The molecule has 12 heteroatoms. The van der Waals surface area contributed by atoms with E-state index in [4.69, 9.17) is 24.7 Å². The molecule has 0 unspecified atom stereocenters. The second-order valence-corrected chi connectivity index (χ2v) is 7.13. The van der Waals surface area contributed by atoms with Gasteiger partial charge < -0.3 is 34.8 Å². The molecule has 1 fully saturated rings. The van der Waals surface area contributed by atoms with E-state index in [-0.39, 0.29) is 32.0 Å². The zero-order chi connectivity index (χ0) is 23.5. The first-order valence-electron chi connectivity index (χ1n) is 9.37. The Morgan fingerprint density at radius 1 is 1.34 bits per heavy atom. The summed E-state index contributed by atoms with van der Waals surface area (Å²) in [7, 11) is 1.40. The van der Waals surface area contributed by atoms with Crippen molar-refractivity contribution in [3.8, 4) is 16.9 Å². The molecule has 174 valence electrons. The minimum absolute atomic E-state index is 0.00362. The van der Waals surface area contributed by atoms with Crippen LogP contribution >= 0.6 is 0 Å². The highest BCUT2D eigenvalue weighted by Gasteiger charge is 2.37. The Morgan fingerprint density at radius 2 is 2.03 bits per heavy atom. The predicted octanol–water partition coefficient (Wildman–Crippen LogP) is 1.29. The molecule has 32 heavy (non-hydrogen) atoms. The quantitative estimate of drug-likeness (QED) is 0.569. The molecule has 9 nitrogen and oxygen atoms in total. The normalized spacial score (nSPS) is 21.3. The van der Waals surface area contributed by atoms with E-state index >= 15 is 0 Å². The van der Waals surface area contributed by atoms with Gasteiger partial charge in [-0.2, -0.15) is 13.2 Å². The minimum Gasteiger partial charge on any atom is -0.491 e. The van der Waals surface area contributed by atoms with Crippen molar-refractivity contribution in [1.29, 1.82) is 0 Å². The number of carbonyl (C=O) groups is 1. The molecule has 1 aliphatic rings. The van der Waals surface area contributed by atoms with Crippen LogP contribution in [0.5, 0.6) is 5.75 Å². The summed E-state index contributed by atoms with van der Waals surface area (Å²) in [6, 6.07) is 6.31. The number of amides is 1. The first-order valence-corrected chi connectivity index (χ1v) is 9.37. The van der Waals surface area contributed by atoms with Gasteiger partial charge >= 0.3 is 6.18 Å². The van der Waals surface area contributed by atoms with Crippen LogP contribution in [0.3, 0.4) is 0 Å². The zero-order valence-electron chi connectivity index (χ0n) is 16.9. The molecule has 0 saturated carbocycles. The van der Waals surface area contributed by atoms with Crippen LogP contribution < -0.4 is 16.0 Å². The van der Waals surface area contributed by atoms with Crippen molar-refractivity contribution in [3.05, 3.63) is 51.9 Å². The number of H-pyrrole nitrogens is 1. The maximum Gasteiger partial charge on any atom is 0.431 e. The summed E-state index contributed by atoms with van der Waals surface area (Å²) in [4.78, 5) is 24.8. The Kier molecular flexibility index (Phi) is 6.88. The van der Waals surface area contributed by atoms with Gasteiger partial charge in [0.05, 0.1) is 6.61 Å². The molecule has 0 bridgehead atoms. The average Bonchev–Trinajstić information content (AvgIpc) is 2.71. The number of pyridine rings is 1. The molecule has 1 amide bonds. The first kappa shape index (κ1) is 23.7. The summed E-state index contributed by atoms with van der Waals surface area (Å²) in [6.45, 7) is 0.0300. The highest BCUT2D eigenvalue weighted by atomic mass is 19.4. The van der Waals surface area contributed by atoms with Gasteiger partial charge in [-0.1, -0.05) is 12.1 Å². The molecule has 1 aromatic carbocycles. The Bertz CT molecular complexity index is 1020. The predicted molar refractivity (Wildman–Crippen MR) is 104 cm³/mol. The van der Waals surface area contributed by atoms with Crippen LogP contribution in [0.25, 0.3) is 11.1 Å². The molecular formula is C20H21F3N2O7. The zero-order valence-corrected chi connectivity index (χ0v) is 16.9. The van der Waals surface area contributed by atoms with Crippen LogP contribution in [0.1, 0.15) is 16.1 Å². The lowest BCUT2D eigenvalue weighted by atomic mass is 10.0. The number of alkyl halides is 3. The number of methoxy groups -OCH3 is 1. The fourth-order valence-corrected chi connectivity index (χ4v) is 3.20. The number of benzene rings is 1. The maximum atomic E-state index is 13.4. The minimum atomic E-state index is -4.86. The molecule has 2 heterocycles. The fourth-order valence-electron chi connectivity index (χ4n) is 3.20. The van der Waals surface area contributed by atoms with Gasteiger partial charge in [-0.3, -0.25) is 9.59 Å². The highest BCUT2D eigenvalue weighted by Crippen LogP contribution is 2.35. The highest BCUT2D eigenvalue weighted by molar-refractivity contribution is 5.94. The van der Waals surface area contributed by atoms with Gasteiger partial charge in [0, 0.05) is 12.7 Å². The lowest BCUT2D eigenvalue weighted by molar-refractivity contribution is -0.313. The Balaban J connectivity index is 1.78. The maximum absolute atomic E-state index is 13.4. The summed E-state index contributed by atoms with van der Waals surface area (Å²) in [6.07, 6.45) is -5.46. The molecule has 1 saturated heterocycles. The summed E-state index contributed by atoms with van der Waals surface area (Å²) in [5, 5.41) is 10.2. The number of nitrogens with two attached hydrogens (primary N) is 1. The molecular weight excluding hydrogens is 437 g/mol. The van der Waals surface area contributed by atoms with Crippen molar-refractivity contribution in [2.24, 2.45) is 5.73 Å².